The predicted molar refractivity (Wildman–Crippen MR) is 72.3 cm³/mol. The van der Waals surface area contributed by atoms with Crippen LogP contribution in [0, 0.1) is 11.8 Å². The van der Waals surface area contributed by atoms with Crippen LogP contribution in [0.3, 0.4) is 0 Å². The number of piperazine rings is 1. The third kappa shape index (κ3) is 4.23. The van der Waals surface area contributed by atoms with Crippen molar-refractivity contribution in [1.29, 1.82) is 0 Å². The Morgan fingerprint density at radius 1 is 1.12 bits per heavy atom. The fourth-order valence-electron chi connectivity index (χ4n) is 3.05. The highest BCUT2D eigenvalue weighted by molar-refractivity contribution is 5.85. The lowest BCUT2D eigenvalue weighted by atomic mass is 9.82. The molecule has 1 N–H and O–H groups in total. The number of rotatable bonds is 2. The first-order valence-electron chi connectivity index (χ1n) is 6.70. The highest BCUT2D eigenvalue weighted by Crippen LogP contribution is 2.28. The van der Waals surface area contributed by atoms with Crippen LogP contribution in [0.4, 0.5) is 0 Å². The van der Waals surface area contributed by atoms with Crippen molar-refractivity contribution in [3.8, 4) is 0 Å². The van der Waals surface area contributed by atoms with Crippen molar-refractivity contribution in [3.63, 3.8) is 0 Å². The van der Waals surface area contributed by atoms with Gasteiger partial charge in [-0.1, -0.05) is 19.8 Å². The van der Waals surface area contributed by atoms with Crippen LogP contribution >= 0.6 is 12.4 Å². The molecular formula is C13H27ClN2. The fraction of sp³-hybridized carbons (Fsp3) is 1.00. The molecule has 1 atom stereocenters. The molecule has 1 saturated carbocycles. The van der Waals surface area contributed by atoms with E-state index in [2.05, 4.69) is 24.1 Å². The average molecular weight is 247 g/mol. The van der Waals surface area contributed by atoms with Gasteiger partial charge in [-0.05, 0) is 31.6 Å². The van der Waals surface area contributed by atoms with Crippen molar-refractivity contribution in [3.05, 3.63) is 0 Å². The predicted octanol–water partition coefficient (Wildman–Crippen LogP) is 2.53. The molecule has 0 aromatic rings. The van der Waals surface area contributed by atoms with Gasteiger partial charge in [-0.15, -0.1) is 12.4 Å². The maximum atomic E-state index is 3.51. The lowest BCUT2D eigenvalue weighted by molar-refractivity contribution is 0.151. The van der Waals surface area contributed by atoms with Crippen molar-refractivity contribution in [2.24, 2.45) is 11.8 Å². The topological polar surface area (TPSA) is 15.3 Å². The second-order valence-corrected chi connectivity index (χ2v) is 5.74. The summed E-state index contributed by atoms with van der Waals surface area (Å²) in [6.07, 6.45) is 5.87. The molecule has 0 amide bonds. The molecule has 2 aliphatic rings. The van der Waals surface area contributed by atoms with Gasteiger partial charge < -0.3 is 10.2 Å². The van der Waals surface area contributed by atoms with Gasteiger partial charge in [0.1, 0.15) is 0 Å². The standard InChI is InChI=1S/C13H26N2.ClH/c1-11-3-5-13(6-4-11)10-15-8-7-14-12(2)9-15;/h11-14H,3-10H2,1-2H3;1H/t11?,12-,13?;/m1./s1. The Bertz CT molecular complexity index is 190. The van der Waals surface area contributed by atoms with Crippen LogP contribution in [-0.4, -0.2) is 37.1 Å². The normalized spacial score (nSPS) is 36.8. The van der Waals surface area contributed by atoms with E-state index in [1.165, 1.54) is 51.9 Å². The molecule has 2 nitrogen and oxygen atoms in total. The molecule has 0 aromatic heterocycles. The summed E-state index contributed by atoms with van der Waals surface area (Å²) in [6, 6.07) is 0.696. The molecule has 16 heavy (non-hydrogen) atoms. The Kier molecular flexibility index (Phi) is 6.09. The summed E-state index contributed by atoms with van der Waals surface area (Å²) >= 11 is 0. The Labute approximate surface area is 107 Å². The maximum Gasteiger partial charge on any atom is 0.0167 e. The van der Waals surface area contributed by atoms with Gasteiger partial charge in [0.25, 0.3) is 0 Å². The molecule has 2 fully saturated rings. The number of hydrogen-bond acceptors (Lipinski definition) is 2. The van der Waals surface area contributed by atoms with Gasteiger partial charge in [0.2, 0.25) is 0 Å². The quantitative estimate of drug-likeness (QED) is 0.806. The zero-order chi connectivity index (χ0) is 10.7. The monoisotopic (exact) mass is 246 g/mol. The first-order chi connectivity index (χ1) is 7.24. The molecule has 1 saturated heterocycles. The third-order valence-corrected chi connectivity index (χ3v) is 4.10. The second kappa shape index (κ2) is 6.83. The molecule has 96 valence electrons. The minimum absolute atomic E-state index is 0. The lowest BCUT2D eigenvalue weighted by Gasteiger charge is -2.36. The van der Waals surface area contributed by atoms with Crippen molar-refractivity contribution in [1.82, 2.24) is 10.2 Å². The van der Waals surface area contributed by atoms with Gasteiger partial charge in [0.15, 0.2) is 0 Å². The molecule has 0 unspecified atom stereocenters. The molecular weight excluding hydrogens is 220 g/mol. The number of hydrogen-bond donors (Lipinski definition) is 1. The van der Waals surface area contributed by atoms with E-state index in [1.807, 2.05) is 0 Å². The van der Waals surface area contributed by atoms with Crippen LogP contribution < -0.4 is 5.32 Å². The van der Waals surface area contributed by atoms with Crippen LogP contribution in [0.1, 0.15) is 39.5 Å². The van der Waals surface area contributed by atoms with Crippen LogP contribution in [0.15, 0.2) is 0 Å². The number of halogens is 1. The van der Waals surface area contributed by atoms with Gasteiger partial charge in [-0.3, -0.25) is 0 Å². The molecule has 1 aliphatic carbocycles. The third-order valence-electron chi connectivity index (χ3n) is 4.10. The molecule has 1 heterocycles. The minimum atomic E-state index is 0. The van der Waals surface area contributed by atoms with E-state index in [9.17, 15) is 0 Å². The largest absolute Gasteiger partial charge is 0.312 e. The summed E-state index contributed by atoms with van der Waals surface area (Å²) in [5.74, 6) is 1.98. The van der Waals surface area contributed by atoms with E-state index < -0.39 is 0 Å². The Morgan fingerprint density at radius 2 is 1.81 bits per heavy atom. The Hall–Kier alpha value is 0.210. The molecule has 0 aromatic carbocycles. The SMILES string of the molecule is CC1CCC(CN2CCN[C@H](C)C2)CC1.Cl. The molecule has 0 bridgehead atoms. The fourth-order valence-corrected chi connectivity index (χ4v) is 3.05. The molecule has 3 heteroatoms. The average Bonchev–Trinajstić information content (AvgIpc) is 2.22. The minimum Gasteiger partial charge on any atom is -0.312 e. The van der Waals surface area contributed by atoms with Crippen LogP contribution in [-0.2, 0) is 0 Å². The van der Waals surface area contributed by atoms with E-state index in [4.69, 9.17) is 0 Å². The zero-order valence-electron chi connectivity index (χ0n) is 10.7. The lowest BCUT2D eigenvalue weighted by Crippen LogP contribution is -2.50. The van der Waals surface area contributed by atoms with E-state index in [1.54, 1.807) is 0 Å². The van der Waals surface area contributed by atoms with Gasteiger partial charge in [-0.25, -0.2) is 0 Å². The molecule has 0 spiro atoms. The van der Waals surface area contributed by atoms with Crippen molar-refractivity contribution in [2.45, 2.75) is 45.6 Å². The van der Waals surface area contributed by atoms with Crippen LogP contribution in [0.5, 0.6) is 0 Å². The summed E-state index contributed by atoms with van der Waals surface area (Å²) in [6.45, 7) is 9.77. The van der Waals surface area contributed by atoms with Gasteiger partial charge in [-0.2, -0.15) is 0 Å². The first-order valence-corrected chi connectivity index (χ1v) is 6.70. The van der Waals surface area contributed by atoms with Gasteiger partial charge in [0, 0.05) is 32.2 Å². The Morgan fingerprint density at radius 3 is 2.44 bits per heavy atom. The maximum absolute atomic E-state index is 3.51. The van der Waals surface area contributed by atoms with Crippen LogP contribution in [0.2, 0.25) is 0 Å². The molecule has 2 rings (SSSR count). The van der Waals surface area contributed by atoms with Crippen molar-refractivity contribution in [2.75, 3.05) is 26.2 Å². The summed E-state index contributed by atoms with van der Waals surface area (Å²) in [7, 11) is 0. The van der Waals surface area contributed by atoms with E-state index >= 15 is 0 Å². The molecule has 1 aliphatic heterocycles. The highest BCUT2D eigenvalue weighted by atomic mass is 35.5. The van der Waals surface area contributed by atoms with E-state index in [0.29, 0.717) is 6.04 Å². The number of nitrogens with zero attached hydrogens (tertiary/aromatic N) is 1. The second-order valence-electron chi connectivity index (χ2n) is 5.74. The van der Waals surface area contributed by atoms with E-state index in [-0.39, 0.29) is 12.4 Å². The molecule has 0 radical (unpaired) electrons. The smallest absolute Gasteiger partial charge is 0.0167 e. The number of nitrogens with one attached hydrogen (secondary N) is 1. The van der Waals surface area contributed by atoms with Gasteiger partial charge in [0.05, 0.1) is 0 Å². The Balaban J connectivity index is 0.00000128. The van der Waals surface area contributed by atoms with Crippen LogP contribution in [0.25, 0.3) is 0 Å². The van der Waals surface area contributed by atoms with Crippen molar-refractivity contribution < 1.29 is 0 Å². The zero-order valence-corrected chi connectivity index (χ0v) is 11.6. The first kappa shape index (κ1) is 14.3. The van der Waals surface area contributed by atoms with Gasteiger partial charge >= 0.3 is 0 Å². The summed E-state index contributed by atoms with van der Waals surface area (Å²) in [5, 5.41) is 3.51. The summed E-state index contributed by atoms with van der Waals surface area (Å²) < 4.78 is 0. The van der Waals surface area contributed by atoms with E-state index in [0.717, 1.165) is 11.8 Å². The summed E-state index contributed by atoms with van der Waals surface area (Å²) in [4.78, 5) is 2.67. The summed E-state index contributed by atoms with van der Waals surface area (Å²) in [5.41, 5.74) is 0. The highest BCUT2D eigenvalue weighted by Gasteiger charge is 2.22. The van der Waals surface area contributed by atoms with Crippen molar-refractivity contribution >= 4 is 12.4 Å².